The van der Waals surface area contributed by atoms with Crippen molar-refractivity contribution >= 4 is 5.84 Å². The van der Waals surface area contributed by atoms with E-state index in [4.69, 9.17) is 10.9 Å². The smallest absolute Gasteiger partial charge is 0.0266 e. The van der Waals surface area contributed by atoms with Gasteiger partial charge in [-0.3, -0.25) is 10.7 Å². The van der Waals surface area contributed by atoms with Crippen molar-refractivity contribution in [3.8, 4) is 0 Å². The van der Waals surface area contributed by atoms with Crippen LogP contribution in [0.2, 0.25) is 0 Å². The molecule has 0 unspecified atom stereocenters. The van der Waals surface area contributed by atoms with Crippen LogP contribution in [0, 0.1) is 44.0 Å². The molecule has 4 N–H and O–H groups in total. The SMILES string of the molecule is CN=C([CH-][CH-]C(C)(C)N)NO.[U].[V].[W]. The van der Waals surface area contributed by atoms with Gasteiger partial charge in [0.05, 0.1) is 0 Å². The number of nitrogens with zero attached hydrogens (tertiary/aromatic N) is 1. The summed E-state index contributed by atoms with van der Waals surface area (Å²) in [7, 11) is 1.58. The number of rotatable bonds is 3. The Morgan fingerprint density at radius 3 is 2.14 bits per heavy atom. The monoisotopic (exact) mass is 630 g/mol. The number of hydrogen-bond acceptors (Lipinski definition) is 3. The summed E-state index contributed by atoms with van der Waals surface area (Å²) in [5, 5.41) is 8.45. The Hall–Kier alpha value is 1.58. The minimum atomic E-state index is -0.382. The number of hydrogen-bond donors (Lipinski definition) is 3. The molecule has 81 valence electrons. The summed E-state index contributed by atoms with van der Waals surface area (Å²) in [6.45, 7) is 3.71. The van der Waals surface area contributed by atoms with Crippen molar-refractivity contribution in [1.29, 1.82) is 0 Å². The van der Waals surface area contributed by atoms with Crippen LogP contribution in [0.5, 0.6) is 0 Å². The Balaban J connectivity index is -0.000000167. The first-order valence-electron chi connectivity index (χ1n) is 3.34. The van der Waals surface area contributed by atoms with Crippen molar-refractivity contribution in [2.24, 2.45) is 10.7 Å². The van der Waals surface area contributed by atoms with Crippen LogP contribution in [0.4, 0.5) is 0 Å². The molecule has 1 radical (unpaired) electrons. The van der Waals surface area contributed by atoms with Crippen molar-refractivity contribution in [3.05, 3.63) is 12.8 Å². The second-order valence-corrected chi connectivity index (χ2v) is 2.88. The van der Waals surface area contributed by atoms with E-state index < -0.39 is 0 Å². The van der Waals surface area contributed by atoms with E-state index in [9.17, 15) is 0 Å². The normalized spacial score (nSPS) is 10.2. The van der Waals surface area contributed by atoms with Gasteiger partial charge < -0.3 is 23.6 Å². The van der Waals surface area contributed by atoms with E-state index in [2.05, 4.69) is 4.99 Å². The van der Waals surface area contributed by atoms with Crippen molar-refractivity contribution < 1.29 is 75.9 Å². The van der Waals surface area contributed by atoms with Gasteiger partial charge in [0.25, 0.3) is 0 Å². The molecule has 0 bridgehead atoms. The van der Waals surface area contributed by atoms with E-state index in [0.717, 1.165) is 0 Å². The fourth-order valence-electron chi connectivity index (χ4n) is 0.456. The Labute approximate surface area is 136 Å². The molecule has 0 heterocycles. The van der Waals surface area contributed by atoms with Gasteiger partial charge in [-0.15, -0.1) is 5.54 Å². The summed E-state index contributed by atoms with van der Waals surface area (Å²) in [5.41, 5.74) is 7.19. The summed E-state index contributed by atoms with van der Waals surface area (Å²) in [6, 6.07) is 0. The minimum Gasteiger partial charge on any atom is -0.483 e. The third kappa shape index (κ3) is 16.0. The minimum absolute atomic E-state index is 0. The molecular formula is C7H15N3OUVW-2. The first-order valence-corrected chi connectivity index (χ1v) is 3.34. The number of amidine groups is 1. The van der Waals surface area contributed by atoms with E-state index in [1.54, 1.807) is 19.9 Å². The molecule has 0 aliphatic rings. The maximum Gasteiger partial charge on any atom is 0.0266 e. The fraction of sp³-hybridized carbons (Fsp3) is 0.571. The summed E-state index contributed by atoms with van der Waals surface area (Å²) >= 11 is 0. The molecule has 0 aromatic carbocycles. The molecule has 0 spiro atoms. The van der Waals surface area contributed by atoms with Gasteiger partial charge in [0, 0.05) is 77.8 Å². The maximum absolute atomic E-state index is 8.45. The predicted octanol–water partition coefficient (Wildman–Crippen LogP) is 0.134. The fourth-order valence-corrected chi connectivity index (χ4v) is 0.456. The largest absolute Gasteiger partial charge is 0.483 e. The molecule has 0 aromatic heterocycles. The molecule has 0 aliphatic carbocycles. The van der Waals surface area contributed by atoms with E-state index >= 15 is 0 Å². The zero-order valence-corrected chi connectivity index (χ0v) is 17.0. The van der Waals surface area contributed by atoms with Crippen LogP contribution < -0.4 is 11.2 Å². The number of aliphatic imine (C=N–C) groups is 1. The second kappa shape index (κ2) is 12.7. The van der Waals surface area contributed by atoms with Crippen molar-refractivity contribution in [2.75, 3.05) is 7.05 Å². The molecule has 0 saturated heterocycles. The molecule has 0 saturated carbocycles. The average Bonchev–Trinajstić information content (AvgIpc) is 1.88. The Kier molecular flexibility index (Phi) is 22.3. The van der Waals surface area contributed by atoms with E-state index in [1.807, 2.05) is 19.3 Å². The topological polar surface area (TPSA) is 70.6 Å². The molecule has 0 atom stereocenters. The zero-order chi connectivity index (χ0) is 8.91. The molecule has 0 amide bonds. The Morgan fingerprint density at radius 2 is 1.93 bits per heavy atom. The van der Waals surface area contributed by atoms with Gasteiger partial charge >= 0.3 is 0 Å². The van der Waals surface area contributed by atoms with E-state index in [-0.39, 0.29) is 76.3 Å². The first kappa shape index (κ1) is 24.7. The van der Waals surface area contributed by atoms with Crippen molar-refractivity contribution in [2.45, 2.75) is 19.4 Å². The third-order valence-electron chi connectivity index (χ3n) is 1.03. The maximum atomic E-state index is 8.45. The number of nitrogens with one attached hydrogen (secondary N) is 1. The van der Waals surface area contributed by atoms with Crippen LogP contribution >= 0.6 is 0 Å². The van der Waals surface area contributed by atoms with E-state index in [0.29, 0.717) is 5.84 Å². The average molecular weight is 630 g/mol. The van der Waals surface area contributed by atoms with Gasteiger partial charge in [0.1, 0.15) is 0 Å². The van der Waals surface area contributed by atoms with Gasteiger partial charge in [0.2, 0.25) is 0 Å². The quantitative estimate of drug-likeness (QED) is 0.180. The van der Waals surface area contributed by atoms with Gasteiger partial charge in [0.15, 0.2) is 0 Å². The molecule has 0 fully saturated rings. The molecule has 0 aliphatic heterocycles. The van der Waals surface area contributed by atoms with Crippen LogP contribution in [0.1, 0.15) is 13.8 Å². The molecular weight excluding hydrogens is 615 g/mol. The number of nitrogens with two attached hydrogens (primary N) is 1. The molecule has 4 nitrogen and oxygen atoms in total. The molecule has 7 heteroatoms. The summed E-state index contributed by atoms with van der Waals surface area (Å²) < 4.78 is 0. The van der Waals surface area contributed by atoms with Gasteiger partial charge in [-0.05, 0) is 5.84 Å². The molecule has 0 aromatic rings. The van der Waals surface area contributed by atoms with Crippen LogP contribution in [0.25, 0.3) is 0 Å². The molecule has 14 heavy (non-hydrogen) atoms. The van der Waals surface area contributed by atoms with Gasteiger partial charge in [-0.25, -0.2) is 0 Å². The summed E-state index contributed by atoms with van der Waals surface area (Å²) in [5.74, 6) is 0.392. The summed E-state index contributed by atoms with van der Waals surface area (Å²) in [4.78, 5) is 3.72. The van der Waals surface area contributed by atoms with Crippen LogP contribution in [-0.2, 0) is 39.6 Å². The van der Waals surface area contributed by atoms with Crippen LogP contribution in [0.15, 0.2) is 4.99 Å². The van der Waals surface area contributed by atoms with E-state index in [1.165, 1.54) is 0 Å². The van der Waals surface area contributed by atoms with Crippen molar-refractivity contribution in [1.82, 2.24) is 5.48 Å². The predicted molar refractivity (Wildman–Crippen MR) is 45.1 cm³/mol. The Bertz CT molecular complexity index is 152. The van der Waals surface area contributed by atoms with Crippen LogP contribution in [-0.4, -0.2) is 23.6 Å². The number of hydroxylamine groups is 1. The van der Waals surface area contributed by atoms with Crippen LogP contribution in [0.3, 0.4) is 0 Å². The standard InChI is InChI=1S/C7H15N3O.U.V.W/c1-7(2,8)5-4-6(9-3)10-11;;;/h4-5,11H,8H2,1-3H3,(H,9,10);;;/q-2;;;. The summed E-state index contributed by atoms with van der Waals surface area (Å²) in [6.07, 6.45) is 3.37. The van der Waals surface area contributed by atoms with Gasteiger partial charge in [-0.1, -0.05) is 13.8 Å². The third-order valence-corrected chi connectivity index (χ3v) is 1.03. The first-order chi connectivity index (χ1) is 4.99. The zero-order valence-electron chi connectivity index (χ0n) is 8.48. The second-order valence-electron chi connectivity index (χ2n) is 2.88. The molecule has 0 rings (SSSR count). The Morgan fingerprint density at radius 1 is 1.50 bits per heavy atom. The van der Waals surface area contributed by atoms with Crippen molar-refractivity contribution in [3.63, 3.8) is 0 Å². The van der Waals surface area contributed by atoms with Gasteiger partial charge in [-0.2, -0.15) is 0 Å².